The van der Waals surface area contributed by atoms with Gasteiger partial charge in [-0.05, 0) is 66.4 Å². The SMILES string of the molecule is COCCCN(CC(=O)N(CCc1c[nH]c2ccccc12)Cc1ccc(F)cc1)C(=O)Nc1ccc(OC)cc1. The molecule has 3 amide bonds. The number of aromatic nitrogens is 1. The van der Waals surface area contributed by atoms with E-state index < -0.39 is 0 Å². The Kier molecular flexibility index (Phi) is 10.1. The third-order valence-corrected chi connectivity index (χ3v) is 6.70. The second-order valence-corrected chi connectivity index (χ2v) is 9.48. The van der Waals surface area contributed by atoms with Crippen LogP contribution in [0, 0.1) is 5.82 Å². The van der Waals surface area contributed by atoms with Crippen LogP contribution >= 0.6 is 0 Å². The number of anilines is 1. The van der Waals surface area contributed by atoms with Gasteiger partial charge in [-0.15, -0.1) is 0 Å². The Morgan fingerprint density at radius 2 is 1.68 bits per heavy atom. The van der Waals surface area contributed by atoms with Crippen molar-refractivity contribution in [1.29, 1.82) is 0 Å². The molecule has 0 spiro atoms. The minimum absolute atomic E-state index is 0.110. The lowest BCUT2D eigenvalue weighted by Gasteiger charge is -2.28. The maximum absolute atomic E-state index is 13.7. The van der Waals surface area contributed by atoms with Gasteiger partial charge < -0.3 is 29.6 Å². The van der Waals surface area contributed by atoms with E-state index in [1.807, 2.05) is 30.5 Å². The summed E-state index contributed by atoms with van der Waals surface area (Å²) in [6.07, 6.45) is 3.16. The number of halogens is 1. The standard InChI is InChI=1S/C31H35FN4O4/c1-39-19-5-17-36(31(38)34-26-12-14-27(40-2)15-13-26)22-30(37)35(21-23-8-10-25(32)11-9-23)18-16-24-20-33-29-7-4-3-6-28(24)29/h3-4,6-15,20,33H,5,16-19,21-22H2,1-2H3,(H,34,38). The minimum Gasteiger partial charge on any atom is -0.497 e. The van der Waals surface area contributed by atoms with Crippen molar-refractivity contribution >= 4 is 28.5 Å². The number of rotatable bonds is 13. The Labute approximate surface area is 233 Å². The average molecular weight is 547 g/mol. The summed E-state index contributed by atoms with van der Waals surface area (Å²) >= 11 is 0. The second-order valence-electron chi connectivity index (χ2n) is 9.48. The minimum atomic E-state index is -0.381. The highest BCUT2D eigenvalue weighted by Gasteiger charge is 2.22. The van der Waals surface area contributed by atoms with E-state index in [1.165, 1.54) is 17.0 Å². The van der Waals surface area contributed by atoms with Gasteiger partial charge in [0.1, 0.15) is 18.1 Å². The Hall–Kier alpha value is -4.37. The fourth-order valence-electron chi connectivity index (χ4n) is 4.49. The zero-order valence-electron chi connectivity index (χ0n) is 22.9. The Morgan fingerprint density at radius 1 is 0.925 bits per heavy atom. The molecule has 0 fully saturated rings. The van der Waals surface area contributed by atoms with Gasteiger partial charge in [-0.3, -0.25) is 4.79 Å². The molecule has 4 aromatic rings. The first-order valence-corrected chi connectivity index (χ1v) is 13.2. The van der Waals surface area contributed by atoms with Gasteiger partial charge in [-0.2, -0.15) is 0 Å². The van der Waals surface area contributed by atoms with Gasteiger partial charge in [-0.25, -0.2) is 9.18 Å². The van der Waals surface area contributed by atoms with Crippen molar-refractivity contribution in [3.63, 3.8) is 0 Å². The summed E-state index contributed by atoms with van der Waals surface area (Å²) in [5.41, 5.74) is 3.54. The number of methoxy groups -OCH3 is 2. The lowest BCUT2D eigenvalue weighted by Crippen LogP contribution is -2.45. The molecule has 0 saturated carbocycles. The molecule has 210 valence electrons. The van der Waals surface area contributed by atoms with Gasteiger partial charge >= 0.3 is 6.03 Å². The number of carbonyl (C=O) groups excluding carboxylic acids is 2. The quantitative estimate of drug-likeness (QED) is 0.218. The maximum atomic E-state index is 13.7. The molecule has 1 aromatic heterocycles. The van der Waals surface area contributed by atoms with E-state index in [4.69, 9.17) is 9.47 Å². The van der Waals surface area contributed by atoms with Crippen molar-refractivity contribution in [2.45, 2.75) is 19.4 Å². The number of H-pyrrole nitrogens is 1. The number of para-hydroxylation sites is 1. The van der Waals surface area contributed by atoms with Crippen molar-refractivity contribution in [3.05, 3.63) is 95.9 Å². The zero-order chi connectivity index (χ0) is 28.3. The third-order valence-electron chi connectivity index (χ3n) is 6.70. The first kappa shape index (κ1) is 28.6. The number of nitrogens with zero attached hydrogens (tertiary/aromatic N) is 2. The summed E-state index contributed by atoms with van der Waals surface area (Å²) in [5.74, 6) is 0.142. The monoisotopic (exact) mass is 546 g/mol. The Morgan fingerprint density at radius 3 is 2.40 bits per heavy atom. The fourth-order valence-corrected chi connectivity index (χ4v) is 4.49. The summed E-state index contributed by atoms with van der Waals surface area (Å²) < 4.78 is 23.9. The number of amides is 3. The van der Waals surface area contributed by atoms with Crippen LogP contribution in [0.25, 0.3) is 10.9 Å². The molecule has 0 unspecified atom stereocenters. The van der Waals surface area contributed by atoms with Gasteiger partial charge in [0.15, 0.2) is 0 Å². The van der Waals surface area contributed by atoms with E-state index in [2.05, 4.69) is 10.3 Å². The van der Waals surface area contributed by atoms with Crippen LogP contribution in [-0.4, -0.2) is 67.2 Å². The van der Waals surface area contributed by atoms with Gasteiger partial charge in [0.05, 0.1) is 7.11 Å². The maximum Gasteiger partial charge on any atom is 0.322 e. The van der Waals surface area contributed by atoms with Gasteiger partial charge in [0, 0.05) is 56.1 Å². The molecule has 0 bridgehead atoms. The van der Waals surface area contributed by atoms with Crippen LogP contribution in [0.4, 0.5) is 14.9 Å². The number of urea groups is 1. The van der Waals surface area contributed by atoms with Crippen LogP contribution in [0.1, 0.15) is 17.5 Å². The molecule has 2 N–H and O–H groups in total. The molecule has 0 saturated heterocycles. The molecule has 8 nitrogen and oxygen atoms in total. The molecular weight excluding hydrogens is 511 g/mol. The summed E-state index contributed by atoms with van der Waals surface area (Å²) in [6, 6.07) is 20.8. The summed E-state index contributed by atoms with van der Waals surface area (Å²) in [6.45, 7) is 1.42. The number of carbonyl (C=O) groups is 2. The first-order chi connectivity index (χ1) is 19.5. The molecule has 4 rings (SSSR count). The van der Waals surface area contributed by atoms with E-state index in [0.29, 0.717) is 50.5 Å². The van der Waals surface area contributed by atoms with E-state index in [0.717, 1.165) is 22.0 Å². The van der Waals surface area contributed by atoms with Gasteiger partial charge in [0.25, 0.3) is 0 Å². The number of nitrogens with one attached hydrogen (secondary N) is 2. The van der Waals surface area contributed by atoms with Crippen molar-refractivity contribution < 1.29 is 23.5 Å². The Balaban J connectivity index is 1.50. The van der Waals surface area contributed by atoms with Crippen LogP contribution in [0.3, 0.4) is 0 Å². The number of ether oxygens (including phenoxy) is 2. The molecule has 0 radical (unpaired) electrons. The average Bonchev–Trinajstić information content (AvgIpc) is 3.39. The van der Waals surface area contributed by atoms with Crippen LogP contribution in [0.5, 0.6) is 5.75 Å². The normalized spacial score (nSPS) is 10.9. The van der Waals surface area contributed by atoms with Crippen molar-refractivity contribution in [2.24, 2.45) is 0 Å². The number of benzene rings is 3. The van der Waals surface area contributed by atoms with E-state index in [1.54, 1.807) is 55.5 Å². The summed E-state index contributed by atoms with van der Waals surface area (Å²) in [4.78, 5) is 33.4. The highest BCUT2D eigenvalue weighted by Crippen LogP contribution is 2.20. The lowest BCUT2D eigenvalue weighted by molar-refractivity contribution is -0.132. The number of aromatic amines is 1. The number of hydrogen-bond donors (Lipinski definition) is 2. The molecule has 0 aliphatic carbocycles. The van der Waals surface area contributed by atoms with Crippen molar-refractivity contribution in [3.8, 4) is 5.75 Å². The molecule has 0 atom stereocenters. The van der Waals surface area contributed by atoms with E-state index in [9.17, 15) is 14.0 Å². The molecule has 1 heterocycles. The molecule has 40 heavy (non-hydrogen) atoms. The molecular formula is C31H35FN4O4. The molecule has 3 aromatic carbocycles. The van der Waals surface area contributed by atoms with Crippen molar-refractivity contribution in [1.82, 2.24) is 14.8 Å². The number of hydrogen-bond acceptors (Lipinski definition) is 4. The third kappa shape index (κ3) is 7.83. The number of fused-ring (bicyclic) bond motifs is 1. The van der Waals surface area contributed by atoms with E-state index >= 15 is 0 Å². The highest BCUT2D eigenvalue weighted by atomic mass is 19.1. The van der Waals surface area contributed by atoms with Gasteiger partial charge in [0.2, 0.25) is 5.91 Å². The summed E-state index contributed by atoms with van der Waals surface area (Å²) in [7, 11) is 3.18. The predicted molar refractivity (Wildman–Crippen MR) is 154 cm³/mol. The Bertz CT molecular complexity index is 1390. The molecule has 0 aliphatic rings. The van der Waals surface area contributed by atoms with Crippen molar-refractivity contribution in [2.75, 3.05) is 45.8 Å². The van der Waals surface area contributed by atoms with E-state index in [-0.39, 0.29) is 24.3 Å². The van der Waals surface area contributed by atoms with Crippen LogP contribution in [-0.2, 0) is 22.5 Å². The predicted octanol–water partition coefficient (Wildman–Crippen LogP) is 5.46. The van der Waals surface area contributed by atoms with Crippen LogP contribution < -0.4 is 10.1 Å². The summed E-state index contributed by atoms with van der Waals surface area (Å²) in [5, 5.41) is 3.98. The van der Waals surface area contributed by atoms with Crippen LogP contribution in [0.15, 0.2) is 79.0 Å². The molecule has 0 aliphatic heterocycles. The zero-order valence-corrected chi connectivity index (χ0v) is 22.9. The lowest BCUT2D eigenvalue weighted by atomic mass is 10.1. The van der Waals surface area contributed by atoms with Crippen LogP contribution in [0.2, 0.25) is 0 Å². The largest absolute Gasteiger partial charge is 0.497 e. The smallest absolute Gasteiger partial charge is 0.322 e. The molecule has 9 heteroatoms. The highest BCUT2D eigenvalue weighted by molar-refractivity contribution is 5.92. The van der Waals surface area contributed by atoms with Gasteiger partial charge in [-0.1, -0.05) is 30.3 Å². The topological polar surface area (TPSA) is 86.9 Å². The fraction of sp³-hybridized carbons (Fsp3) is 0.290. The second kappa shape index (κ2) is 14.1. The first-order valence-electron chi connectivity index (χ1n) is 13.2.